The average molecular weight is 277 g/mol. The Balaban J connectivity index is 2.31. The molecule has 98 valence electrons. The van der Waals surface area contributed by atoms with Crippen LogP contribution in [-0.4, -0.2) is 5.78 Å². The number of hydrogen-bond donors (Lipinski definition) is 0. The summed E-state index contributed by atoms with van der Waals surface area (Å²) in [6.07, 6.45) is 0.275. The van der Waals surface area contributed by atoms with Crippen LogP contribution < -0.4 is 0 Å². The van der Waals surface area contributed by atoms with E-state index >= 15 is 0 Å². The van der Waals surface area contributed by atoms with E-state index in [4.69, 9.17) is 11.6 Å². The molecule has 0 atom stereocenters. The van der Waals surface area contributed by atoms with Crippen LogP contribution in [0.5, 0.6) is 0 Å². The number of Topliss-reactive ketones (excluding diaryl/α,β-unsaturated/α-hetero) is 1. The maximum Gasteiger partial charge on any atom is 0.168 e. The molecule has 1 nitrogen and oxygen atoms in total. The molecular formula is C16H14ClFO. The number of ketones is 1. The van der Waals surface area contributed by atoms with E-state index in [1.54, 1.807) is 6.92 Å². The third kappa shape index (κ3) is 3.02. The predicted molar refractivity (Wildman–Crippen MR) is 75.4 cm³/mol. The number of hydrogen-bond acceptors (Lipinski definition) is 1. The molecule has 0 saturated heterocycles. The fourth-order valence-electron chi connectivity index (χ4n) is 1.95. The Morgan fingerprint density at radius 1 is 1.16 bits per heavy atom. The Morgan fingerprint density at radius 3 is 2.53 bits per heavy atom. The van der Waals surface area contributed by atoms with Gasteiger partial charge >= 0.3 is 0 Å². The van der Waals surface area contributed by atoms with Crippen LogP contribution in [0.2, 0.25) is 5.02 Å². The molecule has 0 spiro atoms. The van der Waals surface area contributed by atoms with Gasteiger partial charge in [0.05, 0.1) is 5.02 Å². The van der Waals surface area contributed by atoms with E-state index in [1.165, 1.54) is 12.1 Å². The number of rotatable bonds is 3. The van der Waals surface area contributed by atoms with Gasteiger partial charge in [0, 0.05) is 12.0 Å². The number of carbonyl (C=O) groups is 1. The van der Waals surface area contributed by atoms with Crippen molar-refractivity contribution >= 4 is 17.4 Å². The van der Waals surface area contributed by atoms with Gasteiger partial charge in [-0.25, -0.2) is 4.39 Å². The first kappa shape index (κ1) is 13.8. The minimum absolute atomic E-state index is 0.0950. The van der Waals surface area contributed by atoms with Crippen molar-refractivity contribution in [2.24, 2.45) is 0 Å². The lowest BCUT2D eigenvalue weighted by Crippen LogP contribution is -2.06. The SMILES string of the molecule is Cc1cc(C(=O)Cc2ccccc2C)c(Cl)cc1F. The van der Waals surface area contributed by atoms with Crippen LogP contribution in [0.3, 0.4) is 0 Å². The summed E-state index contributed by atoms with van der Waals surface area (Å²) in [4.78, 5) is 12.2. The molecule has 0 fully saturated rings. The molecule has 0 radical (unpaired) electrons. The van der Waals surface area contributed by atoms with Crippen LogP contribution in [0.4, 0.5) is 4.39 Å². The van der Waals surface area contributed by atoms with E-state index in [1.807, 2.05) is 31.2 Å². The summed E-state index contributed by atoms with van der Waals surface area (Å²) < 4.78 is 13.3. The van der Waals surface area contributed by atoms with Crippen LogP contribution in [0.15, 0.2) is 36.4 Å². The zero-order valence-electron chi connectivity index (χ0n) is 10.8. The second-order valence-corrected chi connectivity index (χ2v) is 5.01. The van der Waals surface area contributed by atoms with Gasteiger partial charge in [-0.3, -0.25) is 4.79 Å². The highest BCUT2D eigenvalue weighted by molar-refractivity contribution is 6.34. The van der Waals surface area contributed by atoms with Gasteiger partial charge < -0.3 is 0 Å². The van der Waals surface area contributed by atoms with E-state index in [-0.39, 0.29) is 17.2 Å². The largest absolute Gasteiger partial charge is 0.294 e. The number of halogens is 2. The van der Waals surface area contributed by atoms with Crippen molar-refractivity contribution in [1.29, 1.82) is 0 Å². The molecule has 0 heterocycles. The lowest BCUT2D eigenvalue weighted by Gasteiger charge is -2.08. The first-order chi connectivity index (χ1) is 8.99. The molecule has 3 heteroatoms. The maximum absolute atomic E-state index is 13.3. The lowest BCUT2D eigenvalue weighted by molar-refractivity contribution is 0.0993. The molecule has 0 amide bonds. The van der Waals surface area contributed by atoms with E-state index in [2.05, 4.69) is 0 Å². The fraction of sp³-hybridized carbons (Fsp3) is 0.188. The Labute approximate surface area is 117 Å². The molecule has 0 aromatic heterocycles. The van der Waals surface area contributed by atoms with Crippen LogP contribution in [0, 0.1) is 19.7 Å². The zero-order valence-corrected chi connectivity index (χ0v) is 11.6. The highest BCUT2D eigenvalue weighted by Crippen LogP contribution is 2.22. The molecule has 0 aliphatic rings. The number of carbonyl (C=O) groups excluding carboxylic acids is 1. The smallest absolute Gasteiger partial charge is 0.168 e. The van der Waals surface area contributed by atoms with E-state index in [9.17, 15) is 9.18 Å². The first-order valence-electron chi connectivity index (χ1n) is 6.02. The van der Waals surface area contributed by atoms with Gasteiger partial charge in [0.25, 0.3) is 0 Å². The minimum atomic E-state index is -0.391. The van der Waals surface area contributed by atoms with Gasteiger partial charge in [-0.2, -0.15) is 0 Å². The third-order valence-corrected chi connectivity index (χ3v) is 3.47. The van der Waals surface area contributed by atoms with Crippen molar-refractivity contribution in [2.45, 2.75) is 20.3 Å². The molecule has 2 aromatic carbocycles. The summed E-state index contributed by atoms with van der Waals surface area (Å²) in [5.41, 5.74) is 2.83. The summed E-state index contributed by atoms with van der Waals surface area (Å²) in [5, 5.41) is 0.168. The zero-order chi connectivity index (χ0) is 14.0. The Kier molecular flexibility index (Phi) is 4.01. The standard InChI is InChI=1S/C16H14ClFO/c1-10-5-3-4-6-12(10)8-16(19)13-7-11(2)15(18)9-14(13)17/h3-7,9H,8H2,1-2H3. The highest BCUT2D eigenvalue weighted by Gasteiger charge is 2.14. The Bertz CT molecular complexity index is 635. The second-order valence-electron chi connectivity index (χ2n) is 4.61. The van der Waals surface area contributed by atoms with Crippen molar-refractivity contribution in [3.63, 3.8) is 0 Å². The maximum atomic E-state index is 13.3. The number of benzene rings is 2. The van der Waals surface area contributed by atoms with Gasteiger partial charge in [0.15, 0.2) is 5.78 Å². The lowest BCUT2D eigenvalue weighted by atomic mass is 9.98. The van der Waals surface area contributed by atoms with E-state index in [0.717, 1.165) is 11.1 Å². The van der Waals surface area contributed by atoms with Crippen molar-refractivity contribution in [3.8, 4) is 0 Å². The van der Waals surface area contributed by atoms with Gasteiger partial charge in [0.1, 0.15) is 5.82 Å². The Hall–Kier alpha value is -1.67. The van der Waals surface area contributed by atoms with Crippen LogP contribution in [0.1, 0.15) is 27.0 Å². The molecule has 19 heavy (non-hydrogen) atoms. The summed E-state index contributed by atoms with van der Waals surface area (Å²) in [7, 11) is 0. The van der Waals surface area contributed by atoms with Crippen molar-refractivity contribution in [2.75, 3.05) is 0 Å². The van der Waals surface area contributed by atoms with E-state index in [0.29, 0.717) is 11.1 Å². The molecule has 0 saturated carbocycles. The molecule has 2 rings (SSSR count). The first-order valence-corrected chi connectivity index (χ1v) is 6.40. The predicted octanol–water partition coefficient (Wildman–Crippen LogP) is 4.52. The monoisotopic (exact) mass is 276 g/mol. The second kappa shape index (κ2) is 5.54. The van der Waals surface area contributed by atoms with Crippen molar-refractivity contribution in [1.82, 2.24) is 0 Å². The minimum Gasteiger partial charge on any atom is -0.294 e. The summed E-state index contributed by atoms with van der Waals surface area (Å²) in [5.74, 6) is -0.486. The molecule has 0 bridgehead atoms. The quantitative estimate of drug-likeness (QED) is 0.753. The van der Waals surface area contributed by atoms with Gasteiger partial charge in [0.2, 0.25) is 0 Å². The average Bonchev–Trinajstić information content (AvgIpc) is 2.36. The number of aryl methyl sites for hydroxylation is 2. The molecule has 0 aliphatic carbocycles. The summed E-state index contributed by atoms with van der Waals surface area (Å²) in [6.45, 7) is 3.58. The van der Waals surface area contributed by atoms with Gasteiger partial charge in [-0.1, -0.05) is 35.9 Å². The molecule has 0 aliphatic heterocycles. The fourth-order valence-corrected chi connectivity index (χ4v) is 2.20. The van der Waals surface area contributed by atoms with Crippen LogP contribution >= 0.6 is 11.6 Å². The van der Waals surface area contributed by atoms with E-state index < -0.39 is 5.82 Å². The molecular weight excluding hydrogens is 263 g/mol. The topological polar surface area (TPSA) is 17.1 Å². The van der Waals surface area contributed by atoms with Crippen molar-refractivity contribution < 1.29 is 9.18 Å². The summed E-state index contributed by atoms with van der Waals surface area (Å²) in [6, 6.07) is 10.4. The van der Waals surface area contributed by atoms with Crippen LogP contribution in [0.25, 0.3) is 0 Å². The van der Waals surface area contributed by atoms with Crippen molar-refractivity contribution in [3.05, 3.63) is 69.5 Å². The summed E-state index contributed by atoms with van der Waals surface area (Å²) >= 11 is 5.94. The highest BCUT2D eigenvalue weighted by atomic mass is 35.5. The molecule has 2 aromatic rings. The Morgan fingerprint density at radius 2 is 1.84 bits per heavy atom. The normalized spacial score (nSPS) is 10.5. The van der Waals surface area contributed by atoms with Crippen LogP contribution in [-0.2, 0) is 6.42 Å². The van der Waals surface area contributed by atoms with Gasteiger partial charge in [-0.15, -0.1) is 0 Å². The van der Waals surface area contributed by atoms with Gasteiger partial charge in [-0.05, 0) is 42.7 Å². The third-order valence-electron chi connectivity index (χ3n) is 3.16. The molecule has 0 unspecified atom stereocenters. The molecule has 0 N–H and O–H groups in total.